The van der Waals surface area contributed by atoms with Gasteiger partial charge in [0.2, 0.25) is 0 Å². The first-order chi connectivity index (χ1) is 12.7. The van der Waals surface area contributed by atoms with Gasteiger partial charge in [0.05, 0.1) is 0 Å². The van der Waals surface area contributed by atoms with Gasteiger partial charge in [-0.25, -0.2) is 0 Å². The molecule has 0 aromatic heterocycles. The second-order valence-corrected chi connectivity index (χ2v) is 7.80. The van der Waals surface area contributed by atoms with Crippen molar-refractivity contribution in [1.82, 2.24) is 9.80 Å². The molecule has 0 rings (SSSR count). The average Bonchev–Trinajstić information content (AvgIpc) is 2.67. The number of hydrogen-bond donors (Lipinski definition) is 0. The Hall–Kier alpha value is 1.89. The third-order valence-corrected chi connectivity index (χ3v) is 4.97. The van der Waals surface area contributed by atoms with E-state index >= 15 is 0 Å². The molecule has 0 saturated heterocycles. The summed E-state index contributed by atoms with van der Waals surface area (Å²) in [5.41, 5.74) is 0. The van der Waals surface area contributed by atoms with Crippen molar-refractivity contribution >= 4 is 0 Å². The van der Waals surface area contributed by atoms with Crippen molar-refractivity contribution in [2.75, 3.05) is 39.3 Å². The average molecular weight is 683 g/mol. The molecule has 5 heteroatoms. The van der Waals surface area contributed by atoms with Crippen molar-refractivity contribution in [3.63, 3.8) is 0 Å². The predicted octanol–water partition coefficient (Wildman–Crippen LogP) is 1.38. The van der Waals surface area contributed by atoms with Crippen molar-refractivity contribution in [3.05, 3.63) is 0 Å². The second kappa shape index (κ2) is 37.2. The van der Waals surface area contributed by atoms with Crippen molar-refractivity contribution in [3.8, 4) is 0 Å². The van der Waals surface area contributed by atoms with Gasteiger partial charge in [-0.05, 0) is 77.8 Å². The SMILES string of the molecule is CCCCN(CCCC)CCCC.CCCCN(CCCC)CCCC.[Co+2].[I-].[I-]. The molecule has 0 amide bonds. The zero-order chi connectivity index (χ0) is 19.9. The first kappa shape index (κ1) is 41.2. The molecule has 0 heterocycles. The summed E-state index contributed by atoms with van der Waals surface area (Å²) in [4.78, 5) is 5.27. The molecule has 0 atom stereocenters. The third kappa shape index (κ3) is 34.7. The van der Waals surface area contributed by atoms with E-state index in [9.17, 15) is 0 Å². The van der Waals surface area contributed by atoms with Crippen molar-refractivity contribution in [1.29, 1.82) is 0 Å². The minimum absolute atomic E-state index is 0. The minimum Gasteiger partial charge on any atom is -1.00 e. The van der Waals surface area contributed by atoms with Crippen LogP contribution in [0.25, 0.3) is 0 Å². The van der Waals surface area contributed by atoms with Crippen LogP contribution in [0.1, 0.15) is 119 Å². The van der Waals surface area contributed by atoms with Crippen molar-refractivity contribution in [2.24, 2.45) is 0 Å². The zero-order valence-corrected chi connectivity index (χ0v) is 26.1. The molecule has 2 nitrogen and oxygen atoms in total. The molecule has 0 bridgehead atoms. The number of unbranched alkanes of at least 4 members (excludes halogenated alkanes) is 6. The van der Waals surface area contributed by atoms with Gasteiger partial charge >= 0.3 is 16.8 Å². The van der Waals surface area contributed by atoms with Crippen molar-refractivity contribution in [2.45, 2.75) is 119 Å². The summed E-state index contributed by atoms with van der Waals surface area (Å²) in [6.07, 6.45) is 16.2. The predicted molar refractivity (Wildman–Crippen MR) is 122 cm³/mol. The maximum atomic E-state index is 2.64. The van der Waals surface area contributed by atoms with Crippen LogP contribution in [-0.2, 0) is 16.8 Å². The van der Waals surface area contributed by atoms with E-state index < -0.39 is 0 Å². The van der Waals surface area contributed by atoms with Crippen LogP contribution in [0.15, 0.2) is 0 Å². The molecule has 1 radical (unpaired) electrons. The summed E-state index contributed by atoms with van der Waals surface area (Å²) in [5.74, 6) is 0. The third-order valence-electron chi connectivity index (χ3n) is 4.97. The maximum absolute atomic E-state index is 2.64. The van der Waals surface area contributed by atoms with Crippen LogP contribution >= 0.6 is 0 Å². The molecule has 0 aromatic rings. The van der Waals surface area contributed by atoms with Gasteiger partial charge in [-0.2, -0.15) is 0 Å². The molecule has 0 spiro atoms. The summed E-state index contributed by atoms with van der Waals surface area (Å²) in [6.45, 7) is 21.5. The Bertz CT molecular complexity index is 185. The Morgan fingerprint density at radius 2 is 0.483 bits per heavy atom. The maximum Gasteiger partial charge on any atom is 2.00 e. The summed E-state index contributed by atoms with van der Waals surface area (Å²) in [6, 6.07) is 0. The Kier molecular flexibility index (Phi) is 52.8. The van der Waals surface area contributed by atoms with Crippen LogP contribution < -0.4 is 48.0 Å². The quantitative estimate of drug-likeness (QED) is 0.202. The van der Waals surface area contributed by atoms with E-state index in [1.165, 1.54) is 116 Å². The number of rotatable bonds is 18. The molecule has 0 aromatic carbocycles. The fraction of sp³-hybridized carbons (Fsp3) is 1.00. The van der Waals surface area contributed by atoms with Gasteiger partial charge in [0.15, 0.2) is 0 Å². The molecule has 0 N–H and O–H groups in total. The molecule has 29 heavy (non-hydrogen) atoms. The van der Waals surface area contributed by atoms with Crippen LogP contribution in [0.5, 0.6) is 0 Å². The van der Waals surface area contributed by atoms with E-state index in [2.05, 4.69) is 51.3 Å². The Balaban J connectivity index is -0.000000120. The fourth-order valence-electron chi connectivity index (χ4n) is 2.96. The summed E-state index contributed by atoms with van der Waals surface area (Å²) < 4.78 is 0. The van der Waals surface area contributed by atoms with Crippen LogP contribution in [0.3, 0.4) is 0 Å². The van der Waals surface area contributed by atoms with E-state index in [0.717, 1.165) is 0 Å². The molecule has 0 aliphatic carbocycles. The van der Waals surface area contributed by atoms with E-state index in [1.54, 1.807) is 0 Å². The number of hydrogen-bond acceptors (Lipinski definition) is 2. The molecule has 0 unspecified atom stereocenters. The van der Waals surface area contributed by atoms with Gasteiger partial charge in [-0.1, -0.05) is 80.1 Å². The number of halogens is 2. The second-order valence-electron chi connectivity index (χ2n) is 7.80. The smallest absolute Gasteiger partial charge is 1.00 e. The monoisotopic (exact) mass is 683 g/mol. The molecule has 183 valence electrons. The topological polar surface area (TPSA) is 6.48 Å². The normalized spacial score (nSPS) is 9.93. The molecular weight excluding hydrogens is 629 g/mol. The van der Waals surface area contributed by atoms with Gasteiger partial charge in [0, 0.05) is 0 Å². The fourth-order valence-corrected chi connectivity index (χ4v) is 2.96. The summed E-state index contributed by atoms with van der Waals surface area (Å²) in [5, 5.41) is 0. The first-order valence-corrected chi connectivity index (χ1v) is 12.1. The molecule has 0 aliphatic heterocycles. The molecule has 0 saturated carbocycles. The summed E-state index contributed by atoms with van der Waals surface area (Å²) in [7, 11) is 0. The molecule has 0 aliphatic rings. The van der Waals surface area contributed by atoms with E-state index in [4.69, 9.17) is 0 Å². The largest absolute Gasteiger partial charge is 2.00 e. The molecular formula is C24H54CoI2N2. The standard InChI is InChI=1S/2C12H27N.Co.2HI/c2*1-4-7-10-13(11-8-5-2)12-9-6-3;;;/h2*4-12H2,1-3H3;;2*1H/q;;+2;;/p-2. The van der Waals surface area contributed by atoms with Crippen LogP contribution in [0.4, 0.5) is 0 Å². The Morgan fingerprint density at radius 1 is 0.345 bits per heavy atom. The molecule has 0 fully saturated rings. The Labute approximate surface area is 230 Å². The zero-order valence-electron chi connectivity index (χ0n) is 20.7. The van der Waals surface area contributed by atoms with Gasteiger partial charge in [0.1, 0.15) is 0 Å². The van der Waals surface area contributed by atoms with Gasteiger partial charge in [-0.3, -0.25) is 0 Å². The van der Waals surface area contributed by atoms with Crippen molar-refractivity contribution < 1.29 is 64.7 Å². The van der Waals surface area contributed by atoms with Crippen LogP contribution in [0.2, 0.25) is 0 Å². The van der Waals surface area contributed by atoms with E-state index in [0.29, 0.717) is 0 Å². The first-order valence-electron chi connectivity index (χ1n) is 12.1. The van der Waals surface area contributed by atoms with E-state index in [-0.39, 0.29) is 64.7 Å². The van der Waals surface area contributed by atoms with Crippen LogP contribution in [-0.4, -0.2) is 49.1 Å². The van der Waals surface area contributed by atoms with Gasteiger partial charge in [-0.15, -0.1) is 0 Å². The van der Waals surface area contributed by atoms with Gasteiger partial charge in [0.25, 0.3) is 0 Å². The van der Waals surface area contributed by atoms with Crippen LogP contribution in [0, 0.1) is 0 Å². The number of nitrogens with zero attached hydrogens (tertiary/aromatic N) is 2. The minimum atomic E-state index is 0. The van der Waals surface area contributed by atoms with E-state index in [1.807, 2.05) is 0 Å². The Morgan fingerprint density at radius 3 is 0.586 bits per heavy atom. The summed E-state index contributed by atoms with van der Waals surface area (Å²) >= 11 is 0. The van der Waals surface area contributed by atoms with Gasteiger partial charge < -0.3 is 57.8 Å².